The third kappa shape index (κ3) is 5.29. The number of morpholine rings is 1. The van der Waals surface area contributed by atoms with Gasteiger partial charge in [0.05, 0.1) is 42.0 Å². The monoisotopic (exact) mass is 450 g/mol. The van der Waals surface area contributed by atoms with E-state index in [1.807, 2.05) is 31.2 Å². The summed E-state index contributed by atoms with van der Waals surface area (Å²) in [6.07, 6.45) is 0.478. The lowest BCUT2D eigenvalue weighted by molar-refractivity contribution is -0.120. The normalized spacial score (nSPS) is 22.8. The molecule has 2 fully saturated rings. The smallest absolute Gasteiger partial charge is 0.233 e. The third-order valence-electron chi connectivity index (χ3n) is 5.32. The molecule has 10 heteroatoms. The molecule has 2 aliphatic rings. The van der Waals surface area contributed by atoms with Gasteiger partial charge in [-0.25, -0.2) is 18.4 Å². The van der Waals surface area contributed by atoms with E-state index >= 15 is 0 Å². The number of hydrogen-bond donors (Lipinski definition) is 1. The molecule has 30 heavy (non-hydrogen) atoms. The molecular weight excluding hydrogens is 424 g/mol. The van der Waals surface area contributed by atoms with Gasteiger partial charge in [-0.3, -0.25) is 9.69 Å². The first-order valence-corrected chi connectivity index (χ1v) is 12.8. The number of carbonyl (C=O) groups is 1. The van der Waals surface area contributed by atoms with Crippen LogP contribution < -0.4 is 5.32 Å². The predicted octanol–water partition coefficient (Wildman–Crippen LogP) is 1.25. The number of amides is 1. The molecule has 162 valence electrons. The third-order valence-corrected chi connectivity index (χ3v) is 8.19. The number of aromatic nitrogens is 2. The first-order valence-electron chi connectivity index (χ1n) is 10.1. The quantitative estimate of drug-likeness (QED) is 0.518. The van der Waals surface area contributed by atoms with E-state index in [0.717, 1.165) is 34.8 Å². The van der Waals surface area contributed by atoms with Crippen LogP contribution in [0.15, 0.2) is 29.3 Å². The zero-order chi connectivity index (χ0) is 21.1. The summed E-state index contributed by atoms with van der Waals surface area (Å²) in [5, 5.41) is 4.16. The maximum Gasteiger partial charge on any atom is 0.233 e. The van der Waals surface area contributed by atoms with Crippen molar-refractivity contribution in [3.8, 4) is 0 Å². The van der Waals surface area contributed by atoms with Gasteiger partial charge >= 0.3 is 0 Å². The van der Waals surface area contributed by atoms with E-state index in [0.29, 0.717) is 26.2 Å². The van der Waals surface area contributed by atoms with Gasteiger partial charge in [0.1, 0.15) is 10.9 Å². The van der Waals surface area contributed by atoms with E-state index in [1.165, 1.54) is 11.8 Å². The molecule has 1 aromatic carbocycles. The van der Waals surface area contributed by atoms with Crippen LogP contribution in [0.3, 0.4) is 0 Å². The lowest BCUT2D eigenvalue weighted by atomic mass is 10.2. The number of para-hydroxylation sites is 1. The molecule has 0 radical (unpaired) electrons. The maximum atomic E-state index is 12.7. The van der Waals surface area contributed by atoms with E-state index in [-0.39, 0.29) is 23.5 Å². The van der Waals surface area contributed by atoms with Gasteiger partial charge in [0.2, 0.25) is 5.91 Å². The van der Waals surface area contributed by atoms with Gasteiger partial charge in [0.25, 0.3) is 0 Å². The molecule has 1 aromatic heterocycles. The number of fused-ring (bicyclic) bond motifs is 1. The van der Waals surface area contributed by atoms with E-state index in [9.17, 15) is 13.2 Å². The van der Waals surface area contributed by atoms with Gasteiger partial charge in [-0.2, -0.15) is 0 Å². The molecule has 2 saturated heterocycles. The summed E-state index contributed by atoms with van der Waals surface area (Å²) in [5.41, 5.74) is 0.854. The Kier molecular flexibility index (Phi) is 6.57. The van der Waals surface area contributed by atoms with Crippen molar-refractivity contribution >= 4 is 38.4 Å². The van der Waals surface area contributed by atoms with Gasteiger partial charge in [-0.05, 0) is 19.4 Å². The summed E-state index contributed by atoms with van der Waals surface area (Å²) in [6.45, 7) is 5.58. The lowest BCUT2D eigenvalue weighted by Crippen LogP contribution is -2.40. The zero-order valence-electron chi connectivity index (χ0n) is 16.9. The molecule has 2 aliphatic heterocycles. The molecule has 2 unspecified atom stereocenters. The average Bonchev–Trinajstić information content (AvgIpc) is 3.07. The molecule has 1 N–H and O–H groups in total. The second-order valence-electron chi connectivity index (χ2n) is 7.72. The molecule has 0 spiro atoms. The fourth-order valence-corrected chi connectivity index (χ4v) is 6.30. The Bertz CT molecular complexity index is 1020. The van der Waals surface area contributed by atoms with Crippen molar-refractivity contribution in [1.29, 1.82) is 0 Å². The second kappa shape index (κ2) is 9.17. The Morgan fingerprint density at radius 2 is 2.07 bits per heavy atom. The van der Waals surface area contributed by atoms with Crippen molar-refractivity contribution in [2.75, 3.05) is 37.8 Å². The minimum atomic E-state index is -3.03. The number of ether oxygens (including phenoxy) is 1. The fraction of sp³-hybridized carbons (Fsp3) is 0.550. The average molecular weight is 451 g/mol. The fourth-order valence-electron chi connectivity index (χ4n) is 3.66. The maximum absolute atomic E-state index is 12.7. The SMILES string of the molecule is CC(Sc1nc(CN2CCOCC2)nc2ccccc12)C(=O)NC1CCS(=O)(=O)C1. The van der Waals surface area contributed by atoms with E-state index in [1.54, 1.807) is 0 Å². The van der Waals surface area contributed by atoms with Crippen molar-refractivity contribution in [2.24, 2.45) is 0 Å². The Balaban J connectivity index is 1.49. The summed E-state index contributed by atoms with van der Waals surface area (Å²) >= 11 is 1.38. The highest BCUT2D eigenvalue weighted by Crippen LogP contribution is 2.29. The summed E-state index contributed by atoms with van der Waals surface area (Å²) in [5.74, 6) is 0.726. The van der Waals surface area contributed by atoms with Gasteiger partial charge in [-0.1, -0.05) is 30.0 Å². The number of benzene rings is 1. The number of nitrogens with one attached hydrogen (secondary N) is 1. The molecule has 3 heterocycles. The van der Waals surface area contributed by atoms with Gasteiger partial charge in [0, 0.05) is 24.5 Å². The number of sulfone groups is 1. The first kappa shape index (κ1) is 21.5. The highest BCUT2D eigenvalue weighted by molar-refractivity contribution is 8.00. The van der Waals surface area contributed by atoms with E-state index < -0.39 is 15.1 Å². The molecule has 8 nitrogen and oxygen atoms in total. The molecule has 0 bridgehead atoms. The van der Waals surface area contributed by atoms with Crippen LogP contribution in [0.2, 0.25) is 0 Å². The van der Waals surface area contributed by atoms with Crippen LogP contribution in [-0.4, -0.2) is 78.3 Å². The lowest BCUT2D eigenvalue weighted by Gasteiger charge is -2.26. The van der Waals surface area contributed by atoms with Crippen LogP contribution in [0.4, 0.5) is 0 Å². The minimum absolute atomic E-state index is 0.0241. The van der Waals surface area contributed by atoms with Crippen LogP contribution in [0, 0.1) is 0 Å². The van der Waals surface area contributed by atoms with Crippen LogP contribution in [-0.2, 0) is 25.9 Å². The number of carbonyl (C=O) groups excluding carboxylic acids is 1. The summed E-state index contributed by atoms with van der Waals surface area (Å²) in [6, 6.07) is 7.50. The largest absolute Gasteiger partial charge is 0.379 e. The van der Waals surface area contributed by atoms with Gasteiger partial charge in [-0.15, -0.1) is 0 Å². The van der Waals surface area contributed by atoms with Gasteiger partial charge < -0.3 is 10.1 Å². The van der Waals surface area contributed by atoms with Crippen molar-refractivity contribution < 1.29 is 17.9 Å². The molecule has 0 saturated carbocycles. The Morgan fingerprint density at radius 3 is 2.80 bits per heavy atom. The van der Waals surface area contributed by atoms with Crippen LogP contribution >= 0.6 is 11.8 Å². The number of nitrogens with zero attached hydrogens (tertiary/aromatic N) is 3. The topological polar surface area (TPSA) is 101 Å². The number of thioether (sulfide) groups is 1. The molecular formula is C20H26N4O4S2. The zero-order valence-corrected chi connectivity index (χ0v) is 18.5. The highest BCUT2D eigenvalue weighted by Gasteiger charge is 2.30. The number of hydrogen-bond acceptors (Lipinski definition) is 8. The van der Waals surface area contributed by atoms with E-state index in [2.05, 4.69) is 10.2 Å². The Labute approximate surface area is 180 Å². The number of rotatable bonds is 6. The van der Waals surface area contributed by atoms with E-state index in [4.69, 9.17) is 14.7 Å². The van der Waals surface area contributed by atoms with Crippen LogP contribution in [0.1, 0.15) is 19.2 Å². The second-order valence-corrected chi connectivity index (χ2v) is 11.3. The highest BCUT2D eigenvalue weighted by atomic mass is 32.2. The molecule has 1 amide bonds. The first-order chi connectivity index (χ1) is 14.4. The Hall–Kier alpha value is -1.75. The van der Waals surface area contributed by atoms with Crippen molar-refractivity contribution in [3.63, 3.8) is 0 Å². The summed E-state index contributed by atoms with van der Waals surface area (Å²) in [4.78, 5) is 24.4. The van der Waals surface area contributed by atoms with Crippen LogP contribution in [0.5, 0.6) is 0 Å². The molecule has 4 rings (SSSR count). The predicted molar refractivity (Wildman–Crippen MR) is 116 cm³/mol. The molecule has 0 aliphatic carbocycles. The van der Waals surface area contributed by atoms with Crippen molar-refractivity contribution in [1.82, 2.24) is 20.2 Å². The molecule has 2 aromatic rings. The molecule has 2 atom stereocenters. The van der Waals surface area contributed by atoms with Gasteiger partial charge in [0.15, 0.2) is 9.84 Å². The Morgan fingerprint density at radius 1 is 1.30 bits per heavy atom. The summed E-state index contributed by atoms with van der Waals surface area (Å²) in [7, 11) is -3.03. The minimum Gasteiger partial charge on any atom is -0.379 e. The standard InChI is InChI=1S/C20H26N4O4S2/c1-14(19(25)21-15-6-11-30(26,27)13-15)29-20-16-4-2-3-5-17(16)22-18(23-20)12-24-7-9-28-10-8-24/h2-5,14-15H,6-13H2,1H3,(H,21,25). The summed E-state index contributed by atoms with van der Waals surface area (Å²) < 4.78 is 28.7. The van der Waals surface area contributed by atoms with Crippen LogP contribution in [0.25, 0.3) is 10.9 Å². The van der Waals surface area contributed by atoms with Crippen molar-refractivity contribution in [2.45, 2.75) is 36.2 Å². The van der Waals surface area contributed by atoms with Crippen molar-refractivity contribution in [3.05, 3.63) is 30.1 Å².